The Morgan fingerprint density at radius 1 is 1.19 bits per heavy atom. The van der Waals surface area contributed by atoms with Crippen molar-refractivity contribution in [2.75, 3.05) is 37.4 Å². The highest BCUT2D eigenvalue weighted by Gasteiger charge is 2.05. The lowest BCUT2D eigenvalue weighted by Gasteiger charge is -2.11. The molecule has 0 radical (unpaired) electrons. The summed E-state index contributed by atoms with van der Waals surface area (Å²) < 4.78 is 5.58. The van der Waals surface area contributed by atoms with E-state index in [1.165, 1.54) is 0 Å². The summed E-state index contributed by atoms with van der Waals surface area (Å²) in [4.78, 5) is 8.94. The molecule has 0 amide bonds. The Morgan fingerprint density at radius 2 is 2.00 bits per heavy atom. The number of para-hydroxylation sites is 1. The molecule has 0 unspecified atom stereocenters. The predicted molar refractivity (Wildman–Crippen MR) is 87.8 cm³/mol. The van der Waals surface area contributed by atoms with Crippen molar-refractivity contribution in [2.45, 2.75) is 20.3 Å². The van der Waals surface area contributed by atoms with Crippen LogP contribution in [0.3, 0.4) is 0 Å². The van der Waals surface area contributed by atoms with Gasteiger partial charge >= 0.3 is 0 Å². The lowest BCUT2D eigenvalue weighted by molar-refractivity contribution is 0.110. The predicted octanol–water partition coefficient (Wildman–Crippen LogP) is 3.15. The molecule has 0 saturated carbocycles. The van der Waals surface area contributed by atoms with E-state index in [1.807, 2.05) is 31.3 Å². The SMILES string of the molecule is CNc1nc(NCCCOCC(C)C)c2ccccc2n1. The maximum atomic E-state index is 5.58. The number of rotatable bonds is 8. The molecule has 0 fully saturated rings. The van der Waals surface area contributed by atoms with Gasteiger partial charge in [-0.15, -0.1) is 0 Å². The van der Waals surface area contributed by atoms with E-state index in [1.54, 1.807) is 0 Å². The minimum absolute atomic E-state index is 0.585. The topological polar surface area (TPSA) is 59.1 Å². The first-order valence-corrected chi connectivity index (χ1v) is 7.47. The first-order chi connectivity index (χ1) is 10.2. The highest BCUT2D eigenvalue weighted by atomic mass is 16.5. The molecule has 0 bridgehead atoms. The van der Waals surface area contributed by atoms with E-state index in [0.29, 0.717) is 11.9 Å². The second kappa shape index (κ2) is 7.78. The van der Waals surface area contributed by atoms with E-state index >= 15 is 0 Å². The Hall–Kier alpha value is -1.88. The normalized spacial score (nSPS) is 11.0. The van der Waals surface area contributed by atoms with E-state index in [0.717, 1.165) is 42.9 Å². The quantitative estimate of drug-likeness (QED) is 0.731. The van der Waals surface area contributed by atoms with Gasteiger partial charge in [0.2, 0.25) is 5.95 Å². The first kappa shape index (κ1) is 15.5. The zero-order valence-electron chi connectivity index (χ0n) is 13.0. The summed E-state index contributed by atoms with van der Waals surface area (Å²) in [5.41, 5.74) is 0.940. The minimum atomic E-state index is 0.585. The average molecular weight is 288 g/mol. The van der Waals surface area contributed by atoms with E-state index in [4.69, 9.17) is 4.74 Å². The molecule has 1 heterocycles. The maximum Gasteiger partial charge on any atom is 0.224 e. The van der Waals surface area contributed by atoms with Gasteiger partial charge in [-0.2, -0.15) is 4.98 Å². The Bertz CT molecular complexity index is 571. The molecule has 5 nitrogen and oxygen atoms in total. The van der Waals surface area contributed by atoms with Crippen LogP contribution in [0.25, 0.3) is 10.9 Å². The number of nitrogens with one attached hydrogen (secondary N) is 2. The highest BCUT2D eigenvalue weighted by Crippen LogP contribution is 2.21. The van der Waals surface area contributed by atoms with Gasteiger partial charge in [0.25, 0.3) is 0 Å². The summed E-state index contributed by atoms with van der Waals surface area (Å²) >= 11 is 0. The van der Waals surface area contributed by atoms with Gasteiger partial charge in [-0.05, 0) is 24.5 Å². The molecule has 5 heteroatoms. The molecule has 0 saturated heterocycles. The largest absolute Gasteiger partial charge is 0.381 e. The van der Waals surface area contributed by atoms with Gasteiger partial charge in [0.05, 0.1) is 5.52 Å². The van der Waals surface area contributed by atoms with Crippen LogP contribution in [0.15, 0.2) is 24.3 Å². The fraction of sp³-hybridized carbons (Fsp3) is 0.500. The van der Waals surface area contributed by atoms with Gasteiger partial charge in [0.15, 0.2) is 0 Å². The van der Waals surface area contributed by atoms with Crippen LogP contribution < -0.4 is 10.6 Å². The zero-order valence-corrected chi connectivity index (χ0v) is 13.0. The van der Waals surface area contributed by atoms with Gasteiger partial charge in [0, 0.05) is 32.2 Å². The van der Waals surface area contributed by atoms with Crippen LogP contribution in [0.5, 0.6) is 0 Å². The van der Waals surface area contributed by atoms with Crippen molar-refractivity contribution in [2.24, 2.45) is 5.92 Å². The molecule has 0 spiro atoms. The number of aromatic nitrogens is 2. The fourth-order valence-corrected chi connectivity index (χ4v) is 2.02. The van der Waals surface area contributed by atoms with E-state index in [9.17, 15) is 0 Å². The molecule has 2 rings (SSSR count). The van der Waals surface area contributed by atoms with Crippen molar-refractivity contribution >= 4 is 22.7 Å². The number of nitrogens with zero attached hydrogens (tertiary/aromatic N) is 2. The number of anilines is 2. The van der Waals surface area contributed by atoms with Crippen LogP contribution in [-0.4, -0.2) is 36.8 Å². The van der Waals surface area contributed by atoms with Crippen molar-refractivity contribution in [3.05, 3.63) is 24.3 Å². The van der Waals surface area contributed by atoms with Crippen LogP contribution in [-0.2, 0) is 4.74 Å². The summed E-state index contributed by atoms with van der Waals surface area (Å²) in [5, 5.41) is 7.42. The summed E-state index contributed by atoms with van der Waals surface area (Å²) in [6.07, 6.45) is 0.958. The second-order valence-corrected chi connectivity index (χ2v) is 5.41. The van der Waals surface area contributed by atoms with Gasteiger partial charge in [-0.25, -0.2) is 4.98 Å². The molecule has 0 aliphatic heterocycles. The van der Waals surface area contributed by atoms with Gasteiger partial charge in [0.1, 0.15) is 5.82 Å². The molecular weight excluding hydrogens is 264 g/mol. The third-order valence-electron chi connectivity index (χ3n) is 3.04. The lowest BCUT2D eigenvalue weighted by atomic mass is 10.2. The van der Waals surface area contributed by atoms with Gasteiger partial charge < -0.3 is 15.4 Å². The van der Waals surface area contributed by atoms with Crippen LogP contribution in [0.1, 0.15) is 20.3 Å². The summed E-state index contributed by atoms with van der Waals surface area (Å²) in [7, 11) is 1.83. The Balaban J connectivity index is 1.94. The summed E-state index contributed by atoms with van der Waals surface area (Å²) in [5.74, 6) is 2.09. The standard InChI is InChI=1S/C16H24N4O/c1-12(2)11-21-10-6-9-18-15-13-7-4-5-8-14(13)19-16(17-3)20-15/h4-5,7-8,12H,6,9-11H2,1-3H3,(H2,17,18,19,20). The fourth-order valence-electron chi connectivity index (χ4n) is 2.02. The third-order valence-corrected chi connectivity index (χ3v) is 3.04. The van der Waals surface area contributed by atoms with Crippen molar-refractivity contribution in [3.63, 3.8) is 0 Å². The van der Waals surface area contributed by atoms with Crippen LogP contribution in [0, 0.1) is 5.92 Å². The molecule has 0 aliphatic rings. The van der Waals surface area contributed by atoms with Crippen molar-refractivity contribution in [3.8, 4) is 0 Å². The Morgan fingerprint density at radius 3 is 2.76 bits per heavy atom. The number of hydrogen-bond acceptors (Lipinski definition) is 5. The number of ether oxygens (including phenoxy) is 1. The van der Waals surface area contributed by atoms with Crippen LogP contribution >= 0.6 is 0 Å². The Labute approximate surface area is 126 Å². The smallest absolute Gasteiger partial charge is 0.224 e. The van der Waals surface area contributed by atoms with Gasteiger partial charge in [-0.1, -0.05) is 26.0 Å². The second-order valence-electron chi connectivity index (χ2n) is 5.41. The van der Waals surface area contributed by atoms with Crippen molar-refractivity contribution < 1.29 is 4.74 Å². The van der Waals surface area contributed by atoms with Gasteiger partial charge in [-0.3, -0.25) is 0 Å². The third kappa shape index (κ3) is 4.56. The van der Waals surface area contributed by atoms with E-state index in [-0.39, 0.29) is 0 Å². The number of benzene rings is 1. The van der Waals surface area contributed by atoms with Crippen molar-refractivity contribution in [1.82, 2.24) is 9.97 Å². The lowest BCUT2D eigenvalue weighted by Crippen LogP contribution is -2.10. The molecule has 114 valence electrons. The van der Waals surface area contributed by atoms with Crippen LogP contribution in [0.2, 0.25) is 0 Å². The monoisotopic (exact) mass is 288 g/mol. The molecule has 0 atom stereocenters. The number of hydrogen-bond donors (Lipinski definition) is 2. The Kier molecular flexibility index (Phi) is 5.75. The molecule has 2 aromatic rings. The minimum Gasteiger partial charge on any atom is -0.381 e. The summed E-state index contributed by atoms with van der Waals surface area (Å²) in [6.45, 7) is 6.74. The average Bonchev–Trinajstić information content (AvgIpc) is 2.50. The zero-order chi connectivity index (χ0) is 15.1. The molecule has 1 aromatic carbocycles. The highest BCUT2D eigenvalue weighted by molar-refractivity contribution is 5.89. The molecule has 21 heavy (non-hydrogen) atoms. The first-order valence-electron chi connectivity index (χ1n) is 7.47. The maximum absolute atomic E-state index is 5.58. The molecule has 2 N–H and O–H groups in total. The summed E-state index contributed by atoms with van der Waals surface area (Å²) in [6, 6.07) is 8.02. The number of fused-ring (bicyclic) bond motifs is 1. The van der Waals surface area contributed by atoms with E-state index < -0.39 is 0 Å². The molecular formula is C16H24N4O. The molecule has 1 aromatic heterocycles. The van der Waals surface area contributed by atoms with Crippen LogP contribution in [0.4, 0.5) is 11.8 Å². The van der Waals surface area contributed by atoms with E-state index in [2.05, 4.69) is 34.4 Å². The molecule has 0 aliphatic carbocycles. The van der Waals surface area contributed by atoms with Crippen molar-refractivity contribution in [1.29, 1.82) is 0 Å².